The lowest BCUT2D eigenvalue weighted by atomic mass is 10.1. The molecule has 1 aliphatic rings. The van der Waals surface area contributed by atoms with Gasteiger partial charge in [-0.05, 0) is 47.6 Å². The molecule has 32 heavy (non-hydrogen) atoms. The molecule has 1 atom stereocenters. The lowest BCUT2D eigenvalue weighted by Gasteiger charge is -2.24. The van der Waals surface area contributed by atoms with Gasteiger partial charge in [-0.1, -0.05) is 72.3 Å². The van der Waals surface area contributed by atoms with Crippen molar-refractivity contribution in [3.63, 3.8) is 0 Å². The number of hydrogen-bond acceptors (Lipinski definition) is 3. The molecular formula is C25H22ClN3O2S. The van der Waals surface area contributed by atoms with Crippen LogP contribution in [-0.4, -0.2) is 32.8 Å². The van der Waals surface area contributed by atoms with E-state index in [4.69, 9.17) is 23.8 Å². The molecule has 0 radical (unpaired) electrons. The van der Waals surface area contributed by atoms with Gasteiger partial charge in [0.15, 0.2) is 5.11 Å². The molecule has 2 amide bonds. The Kier molecular flexibility index (Phi) is 6.83. The number of nitrogens with zero attached hydrogens (tertiary/aromatic N) is 2. The van der Waals surface area contributed by atoms with Crippen LogP contribution in [0.5, 0.6) is 0 Å². The maximum Gasteiger partial charge on any atom is 0.252 e. The van der Waals surface area contributed by atoms with Gasteiger partial charge in [-0.3, -0.25) is 14.5 Å². The van der Waals surface area contributed by atoms with Gasteiger partial charge < -0.3 is 10.2 Å². The van der Waals surface area contributed by atoms with E-state index in [1.807, 2.05) is 65.6 Å². The normalized spacial score (nSPS) is 15.8. The van der Waals surface area contributed by atoms with Crippen LogP contribution in [0.2, 0.25) is 5.02 Å². The van der Waals surface area contributed by atoms with Crippen LogP contribution in [0.15, 0.2) is 84.9 Å². The standard InChI is InChI=1S/C25H22ClN3O2S/c26-20-11-13-21(14-12-20)27-23(30)15-22-24(31)29(17-19-9-5-2-6-10-19)25(32)28(22)16-18-7-3-1-4-8-18/h1-14,22H,15-17H2,(H,27,30)/t22-/m0/s1. The predicted octanol–water partition coefficient (Wildman–Crippen LogP) is 4.87. The molecule has 1 heterocycles. The zero-order valence-electron chi connectivity index (χ0n) is 17.3. The number of amides is 2. The lowest BCUT2D eigenvalue weighted by Crippen LogP contribution is -2.37. The molecule has 1 N–H and O–H groups in total. The predicted molar refractivity (Wildman–Crippen MR) is 130 cm³/mol. The number of thiocarbonyl (C=S) groups is 1. The Morgan fingerprint density at radius 1 is 0.875 bits per heavy atom. The average molecular weight is 464 g/mol. The first-order chi connectivity index (χ1) is 15.5. The molecule has 0 unspecified atom stereocenters. The van der Waals surface area contributed by atoms with Crippen molar-refractivity contribution in [2.45, 2.75) is 25.6 Å². The zero-order chi connectivity index (χ0) is 22.5. The van der Waals surface area contributed by atoms with Gasteiger partial charge in [0.05, 0.1) is 13.0 Å². The third-order valence-corrected chi connectivity index (χ3v) is 6.00. The molecule has 1 saturated heterocycles. The minimum atomic E-state index is -0.668. The molecular weight excluding hydrogens is 442 g/mol. The molecule has 0 spiro atoms. The highest BCUT2D eigenvalue weighted by molar-refractivity contribution is 7.80. The summed E-state index contributed by atoms with van der Waals surface area (Å²) in [4.78, 5) is 29.6. The van der Waals surface area contributed by atoms with E-state index in [0.29, 0.717) is 28.9 Å². The Morgan fingerprint density at radius 3 is 2.03 bits per heavy atom. The second-order valence-corrected chi connectivity index (χ2v) is 8.38. The van der Waals surface area contributed by atoms with Crippen molar-refractivity contribution < 1.29 is 9.59 Å². The summed E-state index contributed by atoms with van der Waals surface area (Å²) in [6, 6.07) is 25.7. The van der Waals surface area contributed by atoms with E-state index < -0.39 is 6.04 Å². The van der Waals surface area contributed by atoms with Crippen LogP contribution in [0.4, 0.5) is 5.69 Å². The molecule has 1 aliphatic heterocycles. The summed E-state index contributed by atoms with van der Waals surface area (Å²) >= 11 is 11.6. The molecule has 4 rings (SSSR count). The number of rotatable bonds is 7. The number of benzene rings is 3. The summed E-state index contributed by atoms with van der Waals surface area (Å²) < 4.78 is 0. The van der Waals surface area contributed by atoms with Gasteiger partial charge in [0.1, 0.15) is 6.04 Å². The van der Waals surface area contributed by atoms with Crippen LogP contribution in [0.3, 0.4) is 0 Å². The number of halogens is 1. The lowest BCUT2D eigenvalue weighted by molar-refractivity contribution is -0.131. The first-order valence-corrected chi connectivity index (χ1v) is 11.0. The van der Waals surface area contributed by atoms with E-state index in [-0.39, 0.29) is 18.2 Å². The van der Waals surface area contributed by atoms with Gasteiger partial charge in [-0.25, -0.2) is 0 Å². The Balaban J connectivity index is 1.54. The third kappa shape index (κ3) is 5.15. The van der Waals surface area contributed by atoms with Crippen LogP contribution < -0.4 is 5.32 Å². The highest BCUT2D eigenvalue weighted by atomic mass is 35.5. The average Bonchev–Trinajstić information content (AvgIpc) is 3.01. The quantitative estimate of drug-likeness (QED) is 0.508. The summed E-state index contributed by atoms with van der Waals surface area (Å²) in [6.07, 6.45) is -0.000275. The highest BCUT2D eigenvalue weighted by Crippen LogP contribution is 2.26. The monoisotopic (exact) mass is 463 g/mol. The number of carbonyl (C=O) groups is 2. The SMILES string of the molecule is O=C(C[C@H]1C(=O)N(Cc2ccccc2)C(=S)N1Cc1ccccc1)Nc1ccc(Cl)cc1. The van der Waals surface area contributed by atoms with Gasteiger partial charge >= 0.3 is 0 Å². The molecule has 0 aliphatic carbocycles. The minimum Gasteiger partial charge on any atom is -0.332 e. The summed E-state index contributed by atoms with van der Waals surface area (Å²) in [5, 5.41) is 3.87. The van der Waals surface area contributed by atoms with E-state index in [0.717, 1.165) is 11.1 Å². The molecule has 5 nitrogen and oxygen atoms in total. The Bertz CT molecular complexity index is 1110. The van der Waals surface area contributed by atoms with Crippen LogP contribution in [0, 0.1) is 0 Å². The third-order valence-electron chi connectivity index (χ3n) is 5.29. The fourth-order valence-corrected chi connectivity index (χ4v) is 4.16. The van der Waals surface area contributed by atoms with Gasteiger partial charge in [0.25, 0.3) is 5.91 Å². The van der Waals surface area contributed by atoms with Gasteiger partial charge in [-0.15, -0.1) is 0 Å². The van der Waals surface area contributed by atoms with Crippen molar-refractivity contribution in [2.75, 3.05) is 5.32 Å². The smallest absolute Gasteiger partial charge is 0.252 e. The number of anilines is 1. The second kappa shape index (κ2) is 9.94. The van der Waals surface area contributed by atoms with E-state index >= 15 is 0 Å². The maximum absolute atomic E-state index is 13.4. The molecule has 0 aromatic heterocycles. The minimum absolute atomic E-state index is 0.000275. The Labute approximate surface area is 197 Å². The molecule has 162 valence electrons. The van der Waals surface area contributed by atoms with Gasteiger partial charge in [0, 0.05) is 17.3 Å². The van der Waals surface area contributed by atoms with E-state index in [9.17, 15) is 9.59 Å². The first kappa shape index (κ1) is 22.0. The fourth-order valence-electron chi connectivity index (χ4n) is 3.68. The van der Waals surface area contributed by atoms with Crippen LogP contribution >= 0.6 is 23.8 Å². The van der Waals surface area contributed by atoms with Gasteiger partial charge in [0.2, 0.25) is 5.91 Å². The fraction of sp³-hybridized carbons (Fsp3) is 0.160. The summed E-state index contributed by atoms with van der Waals surface area (Å²) in [5.74, 6) is -0.422. The molecule has 1 fully saturated rings. The van der Waals surface area contributed by atoms with Gasteiger partial charge in [-0.2, -0.15) is 0 Å². The summed E-state index contributed by atoms with van der Waals surface area (Å²) in [5.41, 5.74) is 2.63. The zero-order valence-corrected chi connectivity index (χ0v) is 18.9. The molecule has 3 aromatic rings. The van der Waals surface area contributed by atoms with Crippen LogP contribution in [-0.2, 0) is 22.7 Å². The van der Waals surface area contributed by atoms with E-state index in [2.05, 4.69) is 5.32 Å². The van der Waals surface area contributed by atoms with Crippen LogP contribution in [0.1, 0.15) is 17.5 Å². The molecule has 3 aromatic carbocycles. The van der Waals surface area contributed by atoms with Crippen molar-refractivity contribution in [1.29, 1.82) is 0 Å². The van der Waals surface area contributed by atoms with Crippen molar-refractivity contribution in [2.24, 2.45) is 0 Å². The van der Waals surface area contributed by atoms with Crippen molar-refractivity contribution in [3.8, 4) is 0 Å². The molecule has 0 bridgehead atoms. The van der Waals surface area contributed by atoms with E-state index in [1.165, 1.54) is 0 Å². The van der Waals surface area contributed by atoms with Crippen molar-refractivity contribution >= 4 is 46.4 Å². The maximum atomic E-state index is 13.4. The van der Waals surface area contributed by atoms with Crippen molar-refractivity contribution in [1.82, 2.24) is 9.80 Å². The first-order valence-electron chi connectivity index (χ1n) is 10.3. The summed E-state index contributed by atoms with van der Waals surface area (Å²) in [7, 11) is 0. The number of carbonyl (C=O) groups excluding carboxylic acids is 2. The molecule has 7 heteroatoms. The Hall–Kier alpha value is -3.22. The summed E-state index contributed by atoms with van der Waals surface area (Å²) in [6.45, 7) is 0.828. The van der Waals surface area contributed by atoms with E-state index in [1.54, 1.807) is 29.2 Å². The topological polar surface area (TPSA) is 52.7 Å². The van der Waals surface area contributed by atoms with Crippen LogP contribution in [0.25, 0.3) is 0 Å². The largest absolute Gasteiger partial charge is 0.332 e. The number of nitrogens with one attached hydrogen (secondary N) is 1. The second-order valence-electron chi connectivity index (χ2n) is 7.58. The Morgan fingerprint density at radius 2 is 1.44 bits per heavy atom. The molecule has 0 saturated carbocycles. The van der Waals surface area contributed by atoms with Crippen molar-refractivity contribution in [3.05, 3.63) is 101 Å². The highest BCUT2D eigenvalue weighted by Gasteiger charge is 2.43. The number of hydrogen-bond donors (Lipinski definition) is 1.